The molecule has 1 rings (SSSR count). The van der Waals surface area contributed by atoms with Gasteiger partial charge in [-0.15, -0.1) is 0 Å². The summed E-state index contributed by atoms with van der Waals surface area (Å²) < 4.78 is 1.92. The summed E-state index contributed by atoms with van der Waals surface area (Å²) in [6.45, 7) is 4.68. The lowest BCUT2D eigenvalue weighted by molar-refractivity contribution is -0.136. The number of hydrogen-bond donors (Lipinski definition) is 1. The van der Waals surface area contributed by atoms with Crippen LogP contribution in [0.2, 0.25) is 0 Å². The molecular weight excluding hydrogens is 224 g/mol. The molecule has 0 saturated carbocycles. The molecule has 1 aromatic heterocycles. The van der Waals surface area contributed by atoms with Gasteiger partial charge in [0.15, 0.2) is 0 Å². The molecule has 0 radical (unpaired) electrons. The van der Waals surface area contributed by atoms with Gasteiger partial charge >= 0.3 is 5.97 Å². The zero-order chi connectivity index (χ0) is 12.1. The highest BCUT2D eigenvalue weighted by atomic mass is 32.2. The minimum absolute atomic E-state index is 0.0696. The summed E-state index contributed by atoms with van der Waals surface area (Å²) >= 11 is 1.81. The second-order valence-electron chi connectivity index (χ2n) is 3.79. The fraction of sp³-hybridized carbons (Fsp3) is 0.636. The molecule has 0 atom stereocenters. The van der Waals surface area contributed by atoms with Gasteiger partial charge in [0, 0.05) is 17.8 Å². The molecule has 0 aromatic carbocycles. The van der Waals surface area contributed by atoms with E-state index >= 15 is 0 Å². The first kappa shape index (κ1) is 13.1. The predicted molar refractivity (Wildman–Crippen MR) is 66.0 cm³/mol. The van der Waals surface area contributed by atoms with Crippen molar-refractivity contribution < 1.29 is 9.90 Å². The van der Waals surface area contributed by atoms with Gasteiger partial charge in [-0.05, 0) is 32.3 Å². The Morgan fingerprint density at radius 1 is 1.50 bits per heavy atom. The molecule has 0 spiro atoms. The Bertz CT molecular complexity index is 374. The molecule has 5 heteroatoms. The first-order valence-corrected chi connectivity index (χ1v) is 6.69. The van der Waals surface area contributed by atoms with Crippen molar-refractivity contribution in [1.29, 1.82) is 0 Å². The van der Waals surface area contributed by atoms with Crippen molar-refractivity contribution in [1.82, 2.24) is 9.78 Å². The summed E-state index contributed by atoms with van der Waals surface area (Å²) in [7, 11) is 0. The quantitative estimate of drug-likeness (QED) is 0.774. The Morgan fingerprint density at radius 3 is 2.75 bits per heavy atom. The van der Waals surface area contributed by atoms with Crippen LogP contribution in [0.4, 0.5) is 0 Å². The van der Waals surface area contributed by atoms with Crippen LogP contribution in [0.1, 0.15) is 23.4 Å². The van der Waals surface area contributed by atoms with Crippen molar-refractivity contribution in [2.75, 3.05) is 12.0 Å². The Hall–Kier alpha value is -0.970. The predicted octanol–water partition coefficient (Wildman–Crippen LogP) is 1.88. The molecule has 0 amide bonds. The average Bonchev–Trinajstić information content (AvgIpc) is 2.46. The van der Waals surface area contributed by atoms with Crippen LogP contribution in [0.5, 0.6) is 0 Å². The van der Waals surface area contributed by atoms with E-state index in [2.05, 4.69) is 11.4 Å². The van der Waals surface area contributed by atoms with Crippen LogP contribution in [0.25, 0.3) is 0 Å². The summed E-state index contributed by atoms with van der Waals surface area (Å²) in [5, 5.41) is 13.2. The Balaban J connectivity index is 2.76. The van der Waals surface area contributed by atoms with E-state index in [9.17, 15) is 4.79 Å². The average molecular weight is 242 g/mol. The van der Waals surface area contributed by atoms with Crippen molar-refractivity contribution >= 4 is 17.7 Å². The summed E-state index contributed by atoms with van der Waals surface area (Å²) in [6, 6.07) is 0. The van der Waals surface area contributed by atoms with E-state index in [1.165, 1.54) is 0 Å². The van der Waals surface area contributed by atoms with E-state index < -0.39 is 5.97 Å². The van der Waals surface area contributed by atoms with Crippen LogP contribution in [-0.2, 0) is 17.8 Å². The number of hydrogen-bond acceptors (Lipinski definition) is 3. The van der Waals surface area contributed by atoms with Crippen molar-refractivity contribution in [2.45, 2.75) is 33.2 Å². The lowest BCUT2D eigenvalue weighted by Gasteiger charge is -2.03. The first-order valence-electron chi connectivity index (χ1n) is 5.30. The number of aromatic nitrogens is 2. The number of nitrogens with zero attached hydrogens (tertiary/aromatic N) is 2. The normalized spacial score (nSPS) is 10.7. The van der Waals surface area contributed by atoms with Gasteiger partial charge in [-0.3, -0.25) is 9.48 Å². The largest absolute Gasteiger partial charge is 0.481 e. The molecule has 1 N–H and O–H groups in total. The maximum absolute atomic E-state index is 10.7. The summed E-state index contributed by atoms with van der Waals surface area (Å²) in [5.41, 5.74) is 2.68. The number of carboxylic acid groups (broad SMARTS) is 1. The summed E-state index contributed by atoms with van der Waals surface area (Å²) in [6.07, 6.45) is 3.22. The zero-order valence-electron chi connectivity index (χ0n) is 9.99. The van der Waals surface area contributed by atoms with Crippen LogP contribution >= 0.6 is 11.8 Å². The molecule has 0 aliphatic rings. The van der Waals surface area contributed by atoms with Crippen molar-refractivity contribution in [3.8, 4) is 0 Å². The molecular formula is C11H18N2O2S. The second kappa shape index (κ2) is 5.94. The van der Waals surface area contributed by atoms with Gasteiger partial charge in [-0.1, -0.05) is 0 Å². The van der Waals surface area contributed by atoms with E-state index in [0.717, 1.165) is 35.7 Å². The highest BCUT2D eigenvalue weighted by Crippen LogP contribution is 2.14. The summed E-state index contributed by atoms with van der Waals surface area (Å²) in [4.78, 5) is 10.7. The van der Waals surface area contributed by atoms with E-state index in [-0.39, 0.29) is 6.42 Å². The molecule has 0 bridgehead atoms. The van der Waals surface area contributed by atoms with Gasteiger partial charge in [0.05, 0.1) is 12.1 Å². The van der Waals surface area contributed by atoms with Crippen molar-refractivity contribution in [3.63, 3.8) is 0 Å². The molecule has 0 aliphatic heterocycles. The number of aliphatic carboxylic acids is 1. The molecule has 0 unspecified atom stereocenters. The summed E-state index contributed by atoms with van der Waals surface area (Å²) in [5.74, 6) is 0.307. The SMILES string of the molecule is CSCCCn1nc(C)c(CC(=O)O)c1C. The Labute approximate surface area is 100 Å². The highest BCUT2D eigenvalue weighted by Gasteiger charge is 2.13. The zero-order valence-corrected chi connectivity index (χ0v) is 10.8. The maximum atomic E-state index is 10.7. The monoisotopic (exact) mass is 242 g/mol. The van der Waals surface area contributed by atoms with E-state index in [0.29, 0.717) is 0 Å². The molecule has 0 saturated heterocycles. The fourth-order valence-corrected chi connectivity index (χ4v) is 2.14. The van der Waals surface area contributed by atoms with Crippen LogP contribution in [0, 0.1) is 13.8 Å². The van der Waals surface area contributed by atoms with Crippen LogP contribution in [0.3, 0.4) is 0 Å². The molecule has 0 aliphatic carbocycles. The molecule has 4 nitrogen and oxygen atoms in total. The van der Waals surface area contributed by atoms with Crippen molar-refractivity contribution in [3.05, 3.63) is 17.0 Å². The number of rotatable bonds is 6. The number of aryl methyl sites for hydroxylation is 2. The lowest BCUT2D eigenvalue weighted by Crippen LogP contribution is -2.05. The Morgan fingerprint density at radius 2 is 2.19 bits per heavy atom. The van der Waals surface area contributed by atoms with Gasteiger partial charge in [0.2, 0.25) is 0 Å². The first-order chi connectivity index (χ1) is 7.56. The minimum atomic E-state index is -0.796. The van der Waals surface area contributed by atoms with Gasteiger partial charge in [0.1, 0.15) is 0 Å². The van der Waals surface area contributed by atoms with Crippen LogP contribution in [0.15, 0.2) is 0 Å². The lowest BCUT2D eigenvalue weighted by atomic mass is 10.1. The minimum Gasteiger partial charge on any atom is -0.481 e. The van der Waals surface area contributed by atoms with Crippen LogP contribution in [-0.4, -0.2) is 32.9 Å². The van der Waals surface area contributed by atoms with Crippen molar-refractivity contribution in [2.24, 2.45) is 0 Å². The van der Waals surface area contributed by atoms with E-state index in [1.54, 1.807) is 0 Å². The van der Waals surface area contributed by atoms with Gasteiger partial charge in [-0.2, -0.15) is 16.9 Å². The number of carbonyl (C=O) groups is 1. The molecule has 90 valence electrons. The smallest absolute Gasteiger partial charge is 0.307 e. The fourth-order valence-electron chi connectivity index (χ4n) is 1.72. The standard InChI is InChI=1S/C11H18N2O2S/c1-8-10(7-11(14)15)9(2)13(12-8)5-4-6-16-3/h4-7H2,1-3H3,(H,14,15). The molecule has 1 aromatic rings. The second-order valence-corrected chi connectivity index (χ2v) is 4.77. The van der Waals surface area contributed by atoms with E-state index in [1.807, 2.05) is 30.3 Å². The molecule has 16 heavy (non-hydrogen) atoms. The maximum Gasteiger partial charge on any atom is 0.307 e. The Kier molecular flexibility index (Phi) is 4.86. The number of carboxylic acids is 1. The third kappa shape index (κ3) is 3.27. The van der Waals surface area contributed by atoms with Crippen LogP contribution < -0.4 is 0 Å². The molecule has 1 heterocycles. The topological polar surface area (TPSA) is 55.1 Å². The van der Waals surface area contributed by atoms with Gasteiger partial charge in [0.25, 0.3) is 0 Å². The highest BCUT2D eigenvalue weighted by molar-refractivity contribution is 7.98. The van der Waals surface area contributed by atoms with Gasteiger partial charge in [-0.25, -0.2) is 0 Å². The number of thioether (sulfide) groups is 1. The van der Waals surface area contributed by atoms with Gasteiger partial charge < -0.3 is 5.11 Å². The molecule has 0 fully saturated rings. The van der Waals surface area contributed by atoms with E-state index in [4.69, 9.17) is 5.11 Å². The third-order valence-electron chi connectivity index (χ3n) is 2.58. The third-order valence-corrected chi connectivity index (χ3v) is 3.27.